The van der Waals surface area contributed by atoms with Crippen molar-refractivity contribution >= 4 is 61.3 Å². The molecule has 0 bridgehead atoms. The summed E-state index contributed by atoms with van der Waals surface area (Å²) in [5.74, 6) is 0.337. The standard InChI is InChI=1S/C24H19ClN4O2S2/c1-2-10-29(13-21-27-17-9-11-32-22(17)23(30)28-21)24(31)15-12-18(19-7-8-20(25)33-19)26-16-6-4-3-5-14(15)16/h3-9,11-12H,2,10,13H2,1H3,(H,27,28,30). The highest BCUT2D eigenvalue weighted by atomic mass is 35.5. The summed E-state index contributed by atoms with van der Waals surface area (Å²) in [6.07, 6.45) is 0.771. The number of thiophene rings is 2. The van der Waals surface area contributed by atoms with Gasteiger partial charge in [0.25, 0.3) is 11.5 Å². The Balaban J connectivity index is 1.57. The lowest BCUT2D eigenvalue weighted by Gasteiger charge is -2.22. The first-order chi connectivity index (χ1) is 16.0. The molecule has 0 saturated heterocycles. The smallest absolute Gasteiger partial charge is 0.268 e. The van der Waals surface area contributed by atoms with Crippen LogP contribution in [-0.2, 0) is 6.54 Å². The molecule has 0 aliphatic heterocycles. The lowest BCUT2D eigenvalue weighted by molar-refractivity contribution is 0.0741. The van der Waals surface area contributed by atoms with E-state index in [-0.39, 0.29) is 18.0 Å². The van der Waals surface area contributed by atoms with Gasteiger partial charge in [0.1, 0.15) is 10.5 Å². The Morgan fingerprint density at radius 3 is 2.76 bits per heavy atom. The number of nitrogens with one attached hydrogen (secondary N) is 1. The summed E-state index contributed by atoms with van der Waals surface area (Å²) >= 11 is 8.92. The molecule has 4 heterocycles. The number of benzene rings is 1. The van der Waals surface area contributed by atoms with Crippen LogP contribution in [0.25, 0.3) is 31.7 Å². The normalized spacial score (nSPS) is 11.3. The molecule has 0 saturated carbocycles. The number of nitrogens with zero attached hydrogens (tertiary/aromatic N) is 3. The molecule has 1 amide bonds. The molecule has 0 radical (unpaired) electrons. The van der Waals surface area contributed by atoms with Gasteiger partial charge >= 0.3 is 0 Å². The van der Waals surface area contributed by atoms with E-state index in [1.54, 1.807) is 4.90 Å². The lowest BCUT2D eigenvalue weighted by atomic mass is 10.1. The molecule has 4 aromatic heterocycles. The number of hydrogen-bond donors (Lipinski definition) is 1. The lowest BCUT2D eigenvalue weighted by Crippen LogP contribution is -2.33. The highest BCUT2D eigenvalue weighted by Gasteiger charge is 2.21. The number of aromatic amines is 1. The molecule has 0 aliphatic rings. The highest BCUT2D eigenvalue weighted by Crippen LogP contribution is 2.32. The predicted octanol–water partition coefficient (Wildman–Crippen LogP) is 5.97. The molecule has 6 nitrogen and oxygen atoms in total. The molecule has 0 unspecified atom stereocenters. The second-order valence-corrected chi connectivity index (χ2v) is 10.2. The van der Waals surface area contributed by atoms with Gasteiger partial charge in [0.2, 0.25) is 0 Å². The van der Waals surface area contributed by atoms with Gasteiger partial charge in [0.05, 0.1) is 38.0 Å². The number of para-hydroxylation sites is 1. The molecule has 5 aromatic rings. The molecule has 1 N–H and O–H groups in total. The van der Waals surface area contributed by atoms with Crippen LogP contribution in [0.15, 0.2) is 58.7 Å². The van der Waals surface area contributed by atoms with E-state index in [1.165, 1.54) is 22.7 Å². The first kappa shape index (κ1) is 21.8. The summed E-state index contributed by atoms with van der Waals surface area (Å²) in [5.41, 5.74) is 2.48. The van der Waals surface area contributed by atoms with Gasteiger partial charge in [-0.1, -0.05) is 36.7 Å². The van der Waals surface area contributed by atoms with Crippen molar-refractivity contribution in [2.45, 2.75) is 19.9 Å². The van der Waals surface area contributed by atoms with Gasteiger partial charge in [-0.3, -0.25) is 9.59 Å². The summed E-state index contributed by atoms with van der Waals surface area (Å²) in [6, 6.07) is 15.0. The Hall–Kier alpha value is -3.07. The third-order valence-electron chi connectivity index (χ3n) is 5.26. The monoisotopic (exact) mass is 494 g/mol. The van der Waals surface area contributed by atoms with Crippen molar-refractivity contribution in [1.82, 2.24) is 19.9 Å². The highest BCUT2D eigenvalue weighted by molar-refractivity contribution is 7.19. The fourth-order valence-electron chi connectivity index (χ4n) is 3.80. The molecule has 33 heavy (non-hydrogen) atoms. The van der Waals surface area contributed by atoms with Crippen LogP contribution < -0.4 is 5.56 Å². The number of aromatic nitrogens is 3. The number of carbonyl (C=O) groups excluding carboxylic acids is 1. The van der Waals surface area contributed by atoms with Crippen LogP contribution in [0, 0.1) is 0 Å². The van der Waals surface area contributed by atoms with Gasteiger partial charge in [-0.15, -0.1) is 22.7 Å². The molecule has 166 valence electrons. The zero-order valence-corrected chi connectivity index (χ0v) is 20.1. The van der Waals surface area contributed by atoms with Gasteiger partial charge < -0.3 is 9.88 Å². The SMILES string of the molecule is CCCN(Cc1nc2ccsc2c(=O)[nH]1)C(=O)c1cc(-c2ccc(Cl)s2)nc2ccccc12. The maximum atomic E-state index is 13.8. The van der Waals surface area contributed by atoms with Crippen LogP contribution in [0.1, 0.15) is 29.5 Å². The summed E-state index contributed by atoms with van der Waals surface area (Å²) in [6.45, 7) is 2.76. The van der Waals surface area contributed by atoms with E-state index in [4.69, 9.17) is 16.6 Å². The zero-order chi connectivity index (χ0) is 22.9. The minimum absolute atomic E-state index is 0.132. The fraction of sp³-hybridized carbons (Fsp3) is 0.167. The summed E-state index contributed by atoms with van der Waals surface area (Å²) in [4.78, 5) is 41.0. The number of carbonyl (C=O) groups is 1. The van der Waals surface area contributed by atoms with Crippen LogP contribution in [0.4, 0.5) is 0 Å². The molecular formula is C24H19ClN4O2S2. The van der Waals surface area contributed by atoms with Crippen molar-refractivity contribution < 1.29 is 4.79 Å². The van der Waals surface area contributed by atoms with Crippen LogP contribution in [0.5, 0.6) is 0 Å². The number of fused-ring (bicyclic) bond motifs is 2. The van der Waals surface area contributed by atoms with Crippen molar-refractivity contribution in [1.29, 1.82) is 0 Å². The van der Waals surface area contributed by atoms with Crippen molar-refractivity contribution in [2.24, 2.45) is 0 Å². The Bertz CT molecular complexity index is 1540. The van der Waals surface area contributed by atoms with Gasteiger partial charge in [0.15, 0.2) is 0 Å². The Labute approximate surface area is 202 Å². The Morgan fingerprint density at radius 1 is 1.12 bits per heavy atom. The molecule has 0 aliphatic carbocycles. The van der Waals surface area contributed by atoms with E-state index < -0.39 is 0 Å². The van der Waals surface area contributed by atoms with Gasteiger partial charge in [-0.25, -0.2) is 9.97 Å². The second-order valence-electron chi connectivity index (χ2n) is 7.55. The van der Waals surface area contributed by atoms with Gasteiger partial charge in [-0.2, -0.15) is 0 Å². The zero-order valence-electron chi connectivity index (χ0n) is 17.7. The first-order valence-electron chi connectivity index (χ1n) is 10.4. The van der Waals surface area contributed by atoms with Gasteiger partial charge in [-0.05, 0) is 42.1 Å². The summed E-state index contributed by atoms with van der Waals surface area (Å²) in [7, 11) is 0. The molecule has 1 aromatic carbocycles. The third kappa shape index (κ3) is 4.29. The minimum atomic E-state index is -0.180. The minimum Gasteiger partial charge on any atom is -0.331 e. The van der Waals surface area contributed by atoms with E-state index in [0.717, 1.165) is 22.2 Å². The number of H-pyrrole nitrogens is 1. The van der Waals surface area contributed by atoms with Crippen LogP contribution in [-0.4, -0.2) is 32.3 Å². The summed E-state index contributed by atoms with van der Waals surface area (Å²) in [5, 5.41) is 2.62. The van der Waals surface area contributed by atoms with Gasteiger partial charge in [0, 0.05) is 11.9 Å². The molecule has 5 rings (SSSR count). The van der Waals surface area contributed by atoms with E-state index in [9.17, 15) is 9.59 Å². The first-order valence-corrected chi connectivity index (χ1v) is 12.5. The van der Waals surface area contributed by atoms with Crippen LogP contribution in [0.2, 0.25) is 4.34 Å². The molecule has 9 heteroatoms. The van der Waals surface area contributed by atoms with E-state index in [2.05, 4.69) is 9.97 Å². The largest absolute Gasteiger partial charge is 0.331 e. The van der Waals surface area contributed by atoms with Crippen molar-refractivity contribution in [3.05, 3.63) is 80.0 Å². The van der Waals surface area contributed by atoms with Crippen molar-refractivity contribution in [3.8, 4) is 10.6 Å². The Kier molecular flexibility index (Phi) is 5.97. The van der Waals surface area contributed by atoms with Crippen molar-refractivity contribution in [2.75, 3.05) is 6.54 Å². The maximum absolute atomic E-state index is 13.8. The number of amides is 1. The molecule has 0 atom stereocenters. The van der Waals surface area contributed by atoms with E-state index >= 15 is 0 Å². The number of halogens is 1. The van der Waals surface area contributed by atoms with E-state index in [0.29, 0.717) is 38.2 Å². The predicted molar refractivity (Wildman–Crippen MR) is 135 cm³/mol. The second kappa shape index (κ2) is 9.05. The molecule has 0 fully saturated rings. The quantitative estimate of drug-likeness (QED) is 0.315. The number of rotatable bonds is 6. The Morgan fingerprint density at radius 2 is 1.97 bits per heavy atom. The molecule has 0 spiro atoms. The van der Waals surface area contributed by atoms with Crippen LogP contribution in [0.3, 0.4) is 0 Å². The number of hydrogen-bond acceptors (Lipinski definition) is 6. The topological polar surface area (TPSA) is 79.0 Å². The maximum Gasteiger partial charge on any atom is 0.268 e. The molecular weight excluding hydrogens is 476 g/mol. The number of pyridine rings is 1. The van der Waals surface area contributed by atoms with Crippen LogP contribution >= 0.6 is 34.3 Å². The average Bonchev–Trinajstić information content (AvgIpc) is 3.47. The third-order valence-corrected chi connectivity index (χ3v) is 7.41. The summed E-state index contributed by atoms with van der Waals surface area (Å²) < 4.78 is 1.26. The van der Waals surface area contributed by atoms with Crippen molar-refractivity contribution in [3.63, 3.8) is 0 Å². The van der Waals surface area contributed by atoms with E-state index in [1.807, 2.05) is 60.8 Å². The fourth-order valence-corrected chi connectivity index (χ4v) is 5.53. The average molecular weight is 495 g/mol.